The Bertz CT molecular complexity index is 567. The second-order valence-electron chi connectivity index (χ2n) is 6.04. The molecule has 0 aliphatic rings. The highest BCUT2D eigenvalue weighted by atomic mass is 31.2. The van der Waals surface area contributed by atoms with Crippen LogP contribution in [-0.4, -0.2) is 28.3 Å². The Morgan fingerprint density at radius 1 is 1.41 bits per heavy atom. The maximum Gasteiger partial charge on any atom is 0.469 e. The molecule has 6 nitrogen and oxygen atoms in total. The molecule has 8 heteroatoms. The van der Waals surface area contributed by atoms with Gasteiger partial charge in [-0.1, -0.05) is 32.9 Å². The van der Waals surface area contributed by atoms with E-state index >= 15 is 0 Å². The van der Waals surface area contributed by atoms with Gasteiger partial charge in [0.2, 0.25) is 5.91 Å². The van der Waals surface area contributed by atoms with Gasteiger partial charge in [-0.15, -0.1) is 0 Å². The summed E-state index contributed by atoms with van der Waals surface area (Å²) >= 11 is 0. The van der Waals surface area contributed by atoms with Crippen LogP contribution in [0.2, 0.25) is 0 Å². The van der Waals surface area contributed by atoms with Crippen LogP contribution in [0.3, 0.4) is 0 Å². The van der Waals surface area contributed by atoms with Crippen LogP contribution >= 0.6 is 7.82 Å². The number of nitrogens with one attached hydrogen (secondary N) is 1. The topological polar surface area (TPSA) is 95.9 Å². The van der Waals surface area contributed by atoms with E-state index in [1.807, 2.05) is 0 Å². The Kier molecular flexibility index (Phi) is 6.26. The highest BCUT2D eigenvalue weighted by molar-refractivity contribution is 7.46. The number of rotatable bonds is 6. The number of carbonyl (C=O) groups is 1. The van der Waals surface area contributed by atoms with Gasteiger partial charge in [-0.2, -0.15) is 0 Å². The second kappa shape index (κ2) is 7.33. The van der Waals surface area contributed by atoms with Gasteiger partial charge in [0, 0.05) is 5.41 Å². The van der Waals surface area contributed by atoms with Gasteiger partial charge < -0.3 is 15.1 Å². The van der Waals surface area contributed by atoms with E-state index in [4.69, 9.17) is 9.79 Å². The van der Waals surface area contributed by atoms with E-state index in [1.165, 1.54) is 18.2 Å². The molecule has 0 aromatic heterocycles. The Morgan fingerprint density at radius 3 is 2.55 bits per heavy atom. The standard InChI is InChI=1S/C14H21FNO5P/c1-14(2,3)13(17)16-12(9-21-22(18,19)20)8-10-5-4-6-11(15)7-10/h4-7,12H,8-9H2,1-3H3,(H,16,17)(H2,18,19,20)/t12-/m1/s1. The Balaban J connectivity index is 2.81. The summed E-state index contributed by atoms with van der Waals surface area (Å²) in [4.78, 5) is 29.6. The van der Waals surface area contributed by atoms with Gasteiger partial charge in [-0.3, -0.25) is 9.32 Å². The van der Waals surface area contributed by atoms with Crippen LogP contribution < -0.4 is 5.32 Å². The smallest absolute Gasteiger partial charge is 0.350 e. The highest BCUT2D eigenvalue weighted by Gasteiger charge is 2.26. The summed E-state index contributed by atoms with van der Waals surface area (Å²) in [6.07, 6.45) is 0.194. The molecule has 0 heterocycles. The predicted octanol–water partition coefficient (Wildman–Crippen LogP) is 2.01. The number of phosphoric ester groups is 1. The first kappa shape index (κ1) is 18.8. The highest BCUT2D eigenvalue weighted by Crippen LogP contribution is 2.35. The van der Waals surface area contributed by atoms with Crippen molar-refractivity contribution in [3.63, 3.8) is 0 Å². The van der Waals surface area contributed by atoms with Gasteiger partial charge in [0.05, 0.1) is 12.6 Å². The van der Waals surface area contributed by atoms with Crippen LogP contribution in [0, 0.1) is 11.2 Å². The fourth-order valence-corrected chi connectivity index (χ4v) is 2.06. The Morgan fingerprint density at radius 2 is 2.05 bits per heavy atom. The molecule has 0 bridgehead atoms. The summed E-state index contributed by atoms with van der Waals surface area (Å²) < 4.78 is 28.5. The van der Waals surface area contributed by atoms with E-state index in [0.29, 0.717) is 5.56 Å². The number of benzene rings is 1. The number of halogens is 1. The monoisotopic (exact) mass is 333 g/mol. The fraction of sp³-hybridized carbons (Fsp3) is 0.500. The molecular weight excluding hydrogens is 312 g/mol. The molecular formula is C14H21FNO5P. The maximum absolute atomic E-state index is 13.2. The predicted molar refractivity (Wildman–Crippen MR) is 79.5 cm³/mol. The van der Waals surface area contributed by atoms with Crippen molar-refractivity contribution in [3.05, 3.63) is 35.6 Å². The summed E-state index contributed by atoms with van der Waals surface area (Å²) in [5.41, 5.74) is -0.0731. The minimum absolute atomic E-state index is 0.194. The first-order chi connectivity index (χ1) is 9.97. The number of amides is 1. The Hall–Kier alpha value is -1.27. The van der Waals surface area contributed by atoms with Crippen molar-refractivity contribution in [3.8, 4) is 0 Å². The van der Waals surface area contributed by atoms with Crippen molar-refractivity contribution in [2.24, 2.45) is 5.41 Å². The van der Waals surface area contributed by atoms with Crippen LogP contribution in [0.5, 0.6) is 0 Å². The molecule has 3 N–H and O–H groups in total. The average Bonchev–Trinajstić information content (AvgIpc) is 2.34. The largest absolute Gasteiger partial charge is 0.469 e. The molecule has 1 atom stereocenters. The molecule has 0 saturated carbocycles. The van der Waals surface area contributed by atoms with Crippen molar-refractivity contribution in [1.29, 1.82) is 0 Å². The first-order valence-corrected chi connectivity index (χ1v) is 8.26. The fourth-order valence-electron chi connectivity index (χ4n) is 1.69. The van der Waals surface area contributed by atoms with E-state index in [1.54, 1.807) is 26.8 Å². The molecule has 1 aromatic rings. The molecule has 0 unspecified atom stereocenters. The molecule has 1 amide bonds. The normalized spacial score (nSPS) is 13.7. The van der Waals surface area contributed by atoms with Crippen molar-refractivity contribution < 1.29 is 28.1 Å². The van der Waals surface area contributed by atoms with Crippen LogP contribution in [0.1, 0.15) is 26.3 Å². The van der Waals surface area contributed by atoms with E-state index in [-0.39, 0.29) is 18.9 Å². The molecule has 22 heavy (non-hydrogen) atoms. The number of phosphoric acid groups is 1. The molecule has 0 aliphatic heterocycles. The van der Waals surface area contributed by atoms with Gasteiger partial charge in [-0.05, 0) is 24.1 Å². The molecule has 0 radical (unpaired) electrons. The lowest BCUT2D eigenvalue weighted by atomic mass is 9.94. The summed E-state index contributed by atoms with van der Waals surface area (Å²) in [7, 11) is -4.64. The minimum Gasteiger partial charge on any atom is -0.350 e. The minimum atomic E-state index is -4.64. The maximum atomic E-state index is 13.2. The van der Waals surface area contributed by atoms with Gasteiger partial charge in [0.25, 0.3) is 0 Å². The zero-order chi connectivity index (χ0) is 17.0. The van der Waals surface area contributed by atoms with E-state index in [2.05, 4.69) is 9.84 Å². The number of carbonyl (C=O) groups excluding carboxylic acids is 1. The zero-order valence-electron chi connectivity index (χ0n) is 12.7. The molecule has 1 rings (SSSR count). The SMILES string of the molecule is CC(C)(C)C(=O)N[C@@H](COP(=O)(O)O)Cc1cccc(F)c1. The zero-order valence-corrected chi connectivity index (χ0v) is 13.6. The van der Waals surface area contributed by atoms with Crippen molar-refractivity contribution in [2.75, 3.05) is 6.61 Å². The third-order valence-electron chi connectivity index (χ3n) is 2.83. The lowest BCUT2D eigenvalue weighted by Gasteiger charge is -2.24. The summed E-state index contributed by atoms with van der Waals surface area (Å²) in [5.74, 6) is -0.711. The molecule has 0 spiro atoms. The molecule has 0 aliphatic carbocycles. The van der Waals surface area contributed by atoms with Gasteiger partial charge in [-0.25, -0.2) is 8.96 Å². The second-order valence-corrected chi connectivity index (χ2v) is 7.28. The third kappa shape index (κ3) is 7.13. The molecule has 0 saturated heterocycles. The van der Waals surface area contributed by atoms with Crippen LogP contribution in [0.4, 0.5) is 4.39 Å². The molecule has 1 aromatic carbocycles. The summed E-state index contributed by atoms with van der Waals surface area (Å²) in [5, 5.41) is 2.67. The molecule has 0 fully saturated rings. The van der Waals surface area contributed by atoms with E-state index in [9.17, 15) is 13.8 Å². The van der Waals surface area contributed by atoms with E-state index < -0.39 is 25.1 Å². The van der Waals surface area contributed by atoms with Crippen LogP contribution in [-0.2, 0) is 20.3 Å². The summed E-state index contributed by atoms with van der Waals surface area (Å²) in [6, 6.07) is 5.10. The van der Waals surface area contributed by atoms with Crippen LogP contribution in [0.25, 0.3) is 0 Å². The lowest BCUT2D eigenvalue weighted by Crippen LogP contribution is -2.44. The third-order valence-corrected chi connectivity index (χ3v) is 3.32. The van der Waals surface area contributed by atoms with Gasteiger partial charge in [0.15, 0.2) is 0 Å². The molecule has 124 valence electrons. The quantitative estimate of drug-likeness (QED) is 0.692. The van der Waals surface area contributed by atoms with E-state index in [0.717, 1.165) is 0 Å². The average molecular weight is 333 g/mol. The number of hydrogen-bond acceptors (Lipinski definition) is 3. The first-order valence-electron chi connectivity index (χ1n) is 6.73. The van der Waals surface area contributed by atoms with Crippen molar-refractivity contribution in [1.82, 2.24) is 5.32 Å². The van der Waals surface area contributed by atoms with Gasteiger partial charge in [0.1, 0.15) is 5.82 Å². The van der Waals surface area contributed by atoms with Crippen molar-refractivity contribution >= 4 is 13.7 Å². The van der Waals surface area contributed by atoms with Crippen molar-refractivity contribution in [2.45, 2.75) is 33.2 Å². The summed E-state index contributed by atoms with van der Waals surface area (Å²) in [6.45, 7) is 4.77. The van der Waals surface area contributed by atoms with Crippen LogP contribution in [0.15, 0.2) is 24.3 Å². The van der Waals surface area contributed by atoms with Gasteiger partial charge >= 0.3 is 7.82 Å². The lowest BCUT2D eigenvalue weighted by molar-refractivity contribution is -0.129. The number of hydrogen-bond donors (Lipinski definition) is 3. The Labute approximate surface area is 128 Å².